The zero-order valence-corrected chi connectivity index (χ0v) is 17.8. The highest BCUT2D eigenvalue weighted by molar-refractivity contribution is 7.59. The maximum Gasteiger partial charge on any atom is 0.253 e. The van der Waals surface area contributed by atoms with Gasteiger partial charge in [-0.25, -0.2) is 8.78 Å². The van der Waals surface area contributed by atoms with Crippen LogP contribution in [0.4, 0.5) is 8.78 Å². The van der Waals surface area contributed by atoms with Crippen LogP contribution in [0.3, 0.4) is 0 Å². The van der Waals surface area contributed by atoms with E-state index in [1.165, 1.54) is 12.3 Å². The largest absolute Gasteiger partial charge is 0.346 e. The number of hydrogen-bond acceptors (Lipinski definition) is 2. The van der Waals surface area contributed by atoms with Gasteiger partial charge in [-0.05, 0) is 49.4 Å². The number of benzene rings is 2. The maximum absolute atomic E-state index is 13.8. The van der Waals surface area contributed by atoms with Crippen molar-refractivity contribution in [1.82, 2.24) is 10.3 Å². The molecule has 1 heterocycles. The SMILES string of the molecule is CC(C)C[C@@](C)(Cc1ccccc1)NC(=O)c1cnc2c(F)c(F)ccc2c1.S. The average Bonchev–Trinajstić information content (AvgIpc) is 2.64. The minimum absolute atomic E-state index is 0. The van der Waals surface area contributed by atoms with Gasteiger partial charge < -0.3 is 5.32 Å². The molecule has 3 aromatic rings. The summed E-state index contributed by atoms with van der Waals surface area (Å²) in [6.07, 6.45) is 2.78. The molecular formula is C23H26F2N2OS. The first-order valence-electron chi connectivity index (χ1n) is 9.37. The van der Waals surface area contributed by atoms with Crippen LogP contribution in [-0.2, 0) is 6.42 Å². The highest BCUT2D eigenvalue weighted by Gasteiger charge is 2.28. The number of hydrogen-bond donors (Lipinski definition) is 1. The molecule has 3 rings (SSSR count). The van der Waals surface area contributed by atoms with Crippen molar-refractivity contribution in [2.45, 2.75) is 39.2 Å². The van der Waals surface area contributed by atoms with E-state index in [0.29, 0.717) is 23.3 Å². The van der Waals surface area contributed by atoms with Crippen molar-refractivity contribution < 1.29 is 13.6 Å². The molecule has 0 aliphatic carbocycles. The lowest BCUT2D eigenvalue weighted by Gasteiger charge is -2.33. The van der Waals surface area contributed by atoms with Crippen LogP contribution >= 0.6 is 13.5 Å². The number of rotatable bonds is 6. The summed E-state index contributed by atoms with van der Waals surface area (Å²) >= 11 is 0. The number of carbonyl (C=O) groups excluding carboxylic acids is 1. The Balaban J connectivity index is 0.00000300. The van der Waals surface area contributed by atoms with Crippen LogP contribution in [0.1, 0.15) is 43.1 Å². The van der Waals surface area contributed by atoms with E-state index >= 15 is 0 Å². The summed E-state index contributed by atoms with van der Waals surface area (Å²) < 4.78 is 27.2. The molecule has 1 aromatic heterocycles. The predicted octanol–water partition coefficient (Wildman–Crippen LogP) is 5.40. The van der Waals surface area contributed by atoms with E-state index < -0.39 is 17.2 Å². The molecule has 1 amide bonds. The van der Waals surface area contributed by atoms with E-state index in [1.807, 2.05) is 37.3 Å². The quantitative estimate of drug-likeness (QED) is 0.584. The molecule has 0 aliphatic heterocycles. The fourth-order valence-corrected chi connectivity index (χ4v) is 3.73. The van der Waals surface area contributed by atoms with Crippen molar-refractivity contribution >= 4 is 30.3 Å². The zero-order chi connectivity index (χ0) is 20.3. The van der Waals surface area contributed by atoms with Crippen LogP contribution < -0.4 is 5.32 Å². The smallest absolute Gasteiger partial charge is 0.253 e. The molecule has 0 saturated heterocycles. The van der Waals surface area contributed by atoms with E-state index in [4.69, 9.17) is 0 Å². The number of aromatic nitrogens is 1. The van der Waals surface area contributed by atoms with Gasteiger partial charge in [-0.3, -0.25) is 9.78 Å². The number of amides is 1. The fraction of sp³-hybridized carbons (Fsp3) is 0.304. The minimum Gasteiger partial charge on any atom is -0.346 e. The molecule has 0 aliphatic rings. The van der Waals surface area contributed by atoms with E-state index in [1.54, 1.807) is 6.07 Å². The molecule has 0 radical (unpaired) electrons. The van der Waals surface area contributed by atoms with Gasteiger partial charge in [0.2, 0.25) is 0 Å². The monoisotopic (exact) mass is 416 g/mol. The van der Waals surface area contributed by atoms with Gasteiger partial charge in [-0.2, -0.15) is 13.5 Å². The third-order valence-electron chi connectivity index (χ3n) is 4.72. The molecule has 1 N–H and O–H groups in total. The Morgan fingerprint density at radius 3 is 2.48 bits per heavy atom. The van der Waals surface area contributed by atoms with Crippen LogP contribution in [0.5, 0.6) is 0 Å². The number of fused-ring (bicyclic) bond motifs is 1. The first kappa shape index (κ1) is 22.8. The molecule has 3 nitrogen and oxygen atoms in total. The molecule has 29 heavy (non-hydrogen) atoms. The van der Waals surface area contributed by atoms with Crippen molar-refractivity contribution in [3.05, 3.63) is 77.5 Å². The number of nitrogens with zero attached hydrogens (tertiary/aromatic N) is 1. The second-order valence-corrected chi connectivity index (χ2v) is 7.93. The molecule has 154 valence electrons. The van der Waals surface area contributed by atoms with Gasteiger partial charge in [0.05, 0.1) is 5.56 Å². The topological polar surface area (TPSA) is 42.0 Å². The highest BCUT2D eigenvalue weighted by atomic mass is 32.1. The Morgan fingerprint density at radius 1 is 1.14 bits per heavy atom. The summed E-state index contributed by atoms with van der Waals surface area (Å²) in [5.74, 6) is -1.85. The van der Waals surface area contributed by atoms with Crippen LogP contribution in [0.15, 0.2) is 54.7 Å². The lowest BCUT2D eigenvalue weighted by atomic mass is 9.84. The van der Waals surface area contributed by atoms with Crippen LogP contribution in [0.2, 0.25) is 0 Å². The van der Waals surface area contributed by atoms with Gasteiger partial charge in [-0.1, -0.05) is 44.2 Å². The molecule has 0 saturated carbocycles. The Kier molecular flexibility index (Phi) is 7.36. The van der Waals surface area contributed by atoms with Gasteiger partial charge in [0.15, 0.2) is 11.6 Å². The Morgan fingerprint density at radius 2 is 1.83 bits per heavy atom. The summed E-state index contributed by atoms with van der Waals surface area (Å²) in [7, 11) is 0. The summed E-state index contributed by atoms with van der Waals surface area (Å²) in [4.78, 5) is 16.9. The standard InChI is InChI=1S/C23H24F2N2O.H2S/c1-15(2)12-23(3,13-16-7-5-4-6-8-16)27-22(28)18-11-17-9-10-19(24)20(25)21(17)26-14-18;/h4-11,14-15H,12-13H2,1-3H3,(H,27,28);1H2/t23-;/m0./s1. The van der Waals surface area contributed by atoms with Crippen molar-refractivity contribution in [3.63, 3.8) is 0 Å². The lowest BCUT2D eigenvalue weighted by Crippen LogP contribution is -2.48. The second kappa shape index (κ2) is 9.35. The van der Waals surface area contributed by atoms with E-state index in [9.17, 15) is 13.6 Å². The molecule has 0 unspecified atom stereocenters. The lowest BCUT2D eigenvalue weighted by molar-refractivity contribution is 0.0894. The van der Waals surface area contributed by atoms with Crippen LogP contribution in [0, 0.1) is 17.6 Å². The normalized spacial score (nSPS) is 13.0. The van der Waals surface area contributed by atoms with Crippen molar-refractivity contribution in [1.29, 1.82) is 0 Å². The third kappa shape index (κ3) is 5.54. The van der Waals surface area contributed by atoms with Crippen LogP contribution in [-0.4, -0.2) is 16.4 Å². The summed E-state index contributed by atoms with van der Waals surface area (Å²) in [5.41, 5.74) is 0.933. The third-order valence-corrected chi connectivity index (χ3v) is 4.72. The van der Waals surface area contributed by atoms with Gasteiger partial charge in [-0.15, -0.1) is 0 Å². The Hall–Kier alpha value is -2.47. The average molecular weight is 417 g/mol. The number of carbonyl (C=O) groups is 1. The number of nitrogens with one attached hydrogen (secondary N) is 1. The summed E-state index contributed by atoms with van der Waals surface area (Å²) in [6.45, 7) is 6.26. The zero-order valence-electron chi connectivity index (χ0n) is 16.8. The van der Waals surface area contributed by atoms with Gasteiger partial charge >= 0.3 is 0 Å². The van der Waals surface area contributed by atoms with E-state index in [2.05, 4.69) is 24.1 Å². The van der Waals surface area contributed by atoms with Crippen molar-refractivity contribution in [3.8, 4) is 0 Å². The molecule has 1 atom stereocenters. The predicted molar refractivity (Wildman–Crippen MR) is 118 cm³/mol. The Labute approximate surface area is 177 Å². The second-order valence-electron chi connectivity index (χ2n) is 7.93. The minimum atomic E-state index is -1.00. The molecular weight excluding hydrogens is 390 g/mol. The maximum atomic E-state index is 13.8. The van der Waals surface area contributed by atoms with Crippen LogP contribution in [0.25, 0.3) is 10.9 Å². The van der Waals surface area contributed by atoms with E-state index in [-0.39, 0.29) is 24.9 Å². The molecule has 0 bridgehead atoms. The van der Waals surface area contributed by atoms with Gasteiger partial charge in [0.1, 0.15) is 5.52 Å². The molecule has 6 heteroatoms. The van der Waals surface area contributed by atoms with E-state index in [0.717, 1.165) is 18.1 Å². The van der Waals surface area contributed by atoms with Crippen molar-refractivity contribution in [2.24, 2.45) is 5.92 Å². The summed E-state index contributed by atoms with van der Waals surface area (Å²) in [6, 6.07) is 14.0. The summed E-state index contributed by atoms with van der Waals surface area (Å²) in [5, 5.41) is 3.52. The Bertz CT molecular complexity index is 995. The fourth-order valence-electron chi connectivity index (χ4n) is 3.73. The van der Waals surface area contributed by atoms with Gasteiger partial charge in [0.25, 0.3) is 5.91 Å². The molecule has 2 aromatic carbocycles. The number of halogens is 2. The van der Waals surface area contributed by atoms with Gasteiger partial charge in [0, 0.05) is 17.1 Å². The first-order chi connectivity index (χ1) is 13.3. The first-order valence-corrected chi connectivity index (χ1v) is 9.37. The molecule has 0 spiro atoms. The highest BCUT2D eigenvalue weighted by Crippen LogP contribution is 2.24. The van der Waals surface area contributed by atoms with Crippen molar-refractivity contribution in [2.75, 3.05) is 0 Å². The number of pyridine rings is 1. The molecule has 0 fully saturated rings.